The Morgan fingerprint density at radius 3 is 2.79 bits per heavy atom. The quantitative estimate of drug-likeness (QED) is 0.707. The predicted molar refractivity (Wildman–Crippen MR) is 59.5 cm³/mol. The highest BCUT2D eigenvalue weighted by atomic mass is 32.2. The van der Waals surface area contributed by atoms with Gasteiger partial charge < -0.3 is 5.32 Å². The molecule has 1 N–H and O–H groups in total. The summed E-state index contributed by atoms with van der Waals surface area (Å²) in [6.45, 7) is 2.08. The fourth-order valence-corrected chi connectivity index (χ4v) is 3.98. The number of hydrogen-bond donors (Lipinski definition) is 1. The van der Waals surface area contributed by atoms with E-state index in [1.165, 1.54) is 0 Å². The van der Waals surface area contributed by atoms with E-state index >= 15 is 0 Å². The number of hydrogen-bond acceptors (Lipinski definition) is 5. The predicted octanol–water partition coefficient (Wildman–Crippen LogP) is 0.254. The summed E-state index contributed by atoms with van der Waals surface area (Å²) in [5.74, 6) is 1.61. The minimum Gasteiger partial charge on any atom is -0.360 e. The van der Waals surface area contributed by atoms with E-state index in [0.29, 0.717) is 6.04 Å². The van der Waals surface area contributed by atoms with Gasteiger partial charge in [0, 0.05) is 5.75 Å². The maximum Gasteiger partial charge on any atom is 0.157 e. The standard InChI is InChI=1S/C8H14N2O2S2/c1-6-2-3-13-8(9-6)10-7-4-14(11,12)5-7/h6-7H,2-5H2,1H3,(H,9,10). The Kier molecular flexibility index (Phi) is 2.74. The molecule has 2 aliphatic heterocycles. The third-order valence-electron chi connectivity index (χ3n) is 2.35. The molecule has 2 rings (SSSR count). The normalized spacial score (nSPS) is 31.8. The number of nitrogens with one attached hydrogen (secondary N) is 1. The average Bonchev–Trinajstić information content (AvgIpc) is 2.00. The van der Waals surface area contributed by atoms with Crippen LogP contribution in [0.2, 0.25) is 0 Å². The van der Waals surface area contributed by atoms with Gasteiger partial charge in [0.1, 0.15) is 0 Å². The molecule has 0 aromatic rings. The lowest BCUT2D eigenvalue weighted by Crippen LogP contribution is -2.52. The molecule has 6 heteroatoms. The second-order valence-corrected chi connectivity index (χ2v) is 7.08. The first-order valence-electron chi connectivity index (χ1n) is 4.73. The van der Waals surface area contributed by atoms with Crippen molar-refractivity contribution in [1.29, 1.82) is 0 Å². The van der Waals surface area contributed by atoms with E-state index < -0.39 is 9.84 Å². The van der Waals surface area contributed by atoms with E-state index in [4.69, 9.17) is 0 Å². The van der Waals surface area contributed by atoms with Crippen molar-refractivity contribution in [3.05, 3.63) is 0 Å². The number of aliphatic imine (C=N–C) groups is 1. The average molecular weight is 234 g/mol. The van der Waals surface area contributed by atoms with Gasteiger partial charge in [0.05, 0.1) is 23.6 Å². The van der Waals surface area contributed by atoms with Crippen LogP contribution in [0.25, 0.3) is 0 Å². The molecule has 0 aromatic carbocycles. The first-order valence-corrected chi connectivity index (χ1v) is 7.53. The van der Waals surface area contributed by atoms with Gasteiger partial charge in [-0.1, -0.05) is 11.8 Å². The fraction of sp³-hybridized carbons (Fsp3) is 0.875. The Hall–Kier alpha value is -0.230. The van der Waals surface area contributed by atoms with Crippen molar-refractivity contribution in [3.63, 3.8) is 0 Å². The summed E-state index contributed by atoms with van der Waals surface area (Å²) in [6.07, 6.45) is 1.11. The highest BCUT2D eigenvalue weighted by Crippen LogP contribution is 2.18. The van der Waals surface area contributed by atoms with E-state index in [2.05, 4.69) is 17.2 Å². The molecule has 1 fully saturated rings. The molecule has 0 aromatic heterocycles. The summed E-state index contributed by atoms with van der Waals surface area (Å²) < 4.78 is 21.8. The third-order valence-corrected chi connectivity index (χ3v) is 5.11. The van der Waals surface area contributed by atoms with Crippen LogP contribution in [0.4, 0.5) is 0 Å². The van der Waals surface area contributed by atoms with Crippen LogP contribution in [-0.4, -0.2) is 42.9 Å². The zero-order chi connectivity index (χ0) is 10.2. The maximum atomic E-state index is 10.9. The lowest BCUT2D eigenvalue weighted by Gasteiger charge is -2.29. The maximum absolute atomic E-state index is 10.9. The summed E-state index contributed by atoms with van der Waals surface area (Å²) in [5, 5.41) is 4.10. The van der Waals surface area contributed by atoms with Crippen molar-refractivity contribution in [2.75, 3.05) is 17.3 Å². The summed E-state index contributed by atoms with van der Waals surface area (Å²) >= 11 is 1.69. The lowest BCUT2D eigenvalue weighted by atomic mass is 10.3. The van der Waals surface area contributed by atoms with Crippen molar-refractivity contribution in [1.82, 2.24) is 5.32 Å². The topological polar surface area (TPSA) is 58.5 Å². The summed E-state index contributed by atoms with van der Waals surface area (Å²) in [6, 6.07) is 0.465. The molecule has 2 aliphatic rings. The zero-order valence-corrected chi connectivity index (χ0v) is 9.70. The van der Waals surface area contributed by atoms with Gasteiger partial charge in [0.2, 0.25) is 0 Å². The Labute approximate surface area is 88.5 Å². The largest absolute Gasteiger partial charge is 0.360 e. The molecular formula is C8H14N2O2S2. The second kappa shape index (κ2) is 3.73. The highest BCUT2D eigenvalue weighted by Gasteiger charge is 2.34. The highest BCUT2D eigenvalue weighted by molar-refractivity contribution is 8.13. The van der Waals surface area contributed by atoms with Crippen LogP contribution in [-0.2, 0) is 9.84 Å². The fourth-order valence-electron chi connectivity index (χ4n) is 1.53. The Morgan fingerprint density at radius 2 is 2.21 bits per heavy atom. The van der Waals surface area contributed by atoms with E-state index in [1.807, 2.05) is 0 Å². The summed E-state index contributed by atoms with van der Waals surface area (Å²) in [4.78, 5) is 4.43. The Bertz CT molecular complexity index is 338. The van der Waals surface area contributed by atoms with Gasteiger partial charge in [0.25, 0.3) is 0 Å². The minimum atomic E-state index is -2.72. The van der Waals surface area contributed by atoms with Crippen molar-refractivity contribution >= 4 is 26.8 Å². The van der Waals surface area contributed by atoms with Crippen molar-refractivity contribution in [2.24, 2.45) is 4.99 Å². The molecule has 0 spiro atoms. The van der Waals surface area contributed by atoms with Gasteiger partial charge in [-0.15, -0.1) is 0 Å². The first-order chi connectivity index (χ1) is 6.55. The van der Waals surface area contributed by atoms with Gasteiger partial charge in [-0.05, 0) is 13.3 Å². The monoisotopic (exact) mass is 234 g/mol. The smallest absolute Gasteiger partial charge is 0.157 e. The van der Waals surface area contributed by atoms with Gasteiger partial charge >= 0.3 is 0 Å². The molecule has 80 valence electrons. The second-order valence-electron chi connectivity index (χ2n) is 3.84. The molecule has 1 atom stereocenters. The lowest BCUT2D eigenvalue weighted by molar-refractivity contribution is 0.550. The van der Waals surface area contributed by atoms with E-state index in [1.54, 1.807) is 11.8 Å². The zero-order valence-electron chi connectivity index (χ0n) is 8.06. The molecular weight excluding hydrogens is 220 g/mol. The van der Waals surface area contributed by atoms with Crippen LogP contribution in [0, 0.1) is 0 Å². The summed E-state index contributed by atoms with van der Waals surface area (Å²) in [5.41, 5.74) is 0. The molecule has 0 saturated carbocycles. The van der Waals surface area contributed by atoms with E-state index in [9.17, 15) is 8.42 Å². The number of sulfone groups is 1. The van der Waals surface area contributed by atoms with Gasteiger partial charge in [0.15, 0.2) is 15.0 Å². The Morgan fingerprint density at radius 1 is 1.50 bits per heavy atom. The van der Waals surface area contributed by atoms with Gasteiger partial charge in [-0.3, -0.25) is 4.99 Å². The molecule has 0 radical (unpaired) electrons. The number of amidine groups is 1. The van der Waals surface area contributed by atoms with Crippen LogP contribution in [0.15, 0.2) is 4.99 Å². The SMILES string of the molecule is CC1CCSC(NC2CS(=O)(=O)C2)=N1. The van der Waals surface area contributed by atoms with E-state index in [-0.39, 0.29) is 17.5 Å². The van der Waals surface area contributed by atoms with Crippen molar-refractivity contribution in [2.45, 2.75) is 25.4 Å². The number of rotatable bonds is 1. The van der Waals surface area contributed by atoms with Crippen LogP contribution in [0.3, 0.4) is 0 Å². The molecule has 0 bridgehead atoms. The molecule has 0 amide bonds. The Balaban J connectivity index is 1.87. The van der Waals surface area contributed by atoms with Crippen LogP contribution in [0.1, 0.15) is 13.3 Å². The number of nitrogens with zero attached hydrogens (tertiary/aromatic N) is 1. The third kappa shape index (κ3) is 2.42. The first kappa shape index (κ1) is 10.3. The van der Waals surface area contributed by atoms with Crippen molar-refractivity contribution < 1.29 is 8.42 Å². The minimum absolute atomic E-state index is 0.0940. The van der Waals surface area contributed by atoms with Crippen LogP contribution in [0.5, 0.6) is 0 Å². The molecule has 1 saturated heterocycles. The molecule has 1 unspecified atom stereocenters. The van der Waals surface area contributed by atoms with Crippen molar-refractivity contribution in [3.8, 4) is 0 Å². The van der Waals surface area contributed by atoms with Crippen LogP contribution >= 0.6 is 11.8 Å². The van der Waals surface area contributed by atoms with Gasteiger partial charge in [-0.25, -0.2) is 8.42 Å². The molecule has 14 heavy (non-hydrogen) atoms. The van der Waals surface area contributed by atoms with Crippen LogP contribution < -0.4 is 5.32 Å². The molecule has 0 aliphatic carbocycles. The molecule has 4 nitrogen and oxygen atoms in total. The summed E-state index contributed by atoms with van der Waals surface area (Å²) in [7, 11) is -2.72. The molecule has 2 heterocycles. The van der Waals surface area contributed by atoms with Gasteiger partial charge in [-0.2, -0.15) is 0 Å². The number of thioether (sulfide) groups is 1. The van der Waals surface area contributed by atoms with E-state index in [0.717, 1.165) is 17.3 Å².